The molecule has 1 aromatic carbocycles. The van der Waals surface area contributed by atoms with E-state index in [0.29, 0.717) is 5.75 Å². The summed E-state index contributed by atoms with van der Waals surface area (Å²) in [6.07, 6.45) is 0. The highest BCUT2D eigenvalue weighted by molar-refractivity contribution is 9.10. The van der Waals surface area contributed by atoms with Crippen LogP contribution in [0, 0.1) is 0 Å². The molecule has 0 aromatic heterocycles. The number of hydrogen-bond donors (Lipinski definition) is 1. The van der Waals surface area contributed by atoms with E-state index in [0.717, 1.165) is 26.8 Å². The molecule has 1 aliphatic heterocycles. The zero-order valence-electron chi connectivity index (χ0n) is 8.98. The fourth-order valence-corrected chi connectivity index (χ4v) is 3.47. The lowest BCUT2D eigenvalue weighted by molar-refractivity contribution is -0.113. The van der Waals surface area contributed by atoms with E-state index < -0.39 is 0 Å². The number of nitrogens with one attached hydrogen (secondary N) is 1. The van der Waals surface area contributed by atoms with Crippen LogP contribution in [0.15, 0.2) is 33.7 Å². The number of amides is 1. The molecular formula is C11H11BrN2OS2. The zero-order chi connectivity index (χ0) is 12.1. The van der Waals surface area contributed by atoms with Crippen LogP contribution in [0.25, 0.3) is 0 Å². The number of rotatable bonds is 3. The quantitative estimate of drug-likeness (QED) is 0.925. The summed E-state index contributed by atoms with van der Waals surface area (Å²) in [7, 11) is 0. The molecule has 3 nitrogen and oxygen atoms in total. The fourth-order valence-electron chi connectivity index (χ4n) is 1.28. The van der Waals surface area contributed by atoms with Crippen molar-refractivity contribution in [2.75, 3.05) is 23.4 Å². The number of para-hydroxylation sites is 1. The third kappa shape index (κ3) is 4.04. The Labute approximate surface area is 117 Å². The van der Waals surface area contributed by atoms with E-state index in [1.54, 1.807) is 11.8 Å². The van der Waals surface area contributed by atoms with Gasteiger partial charge in [-0.15, -0.1) is 0 Å². The van der Waals surface area contributed by atoms with E-state index in [1.165, 1.54) is 11.8 Å². The minimum atomic E-state index is -0.00269. The summed E-state index contributed by atoms with van der Waals surface area (Å²) >= 11 is 6.61. The van der Waals surface area contributed by atoms with Crippen molar-refractivity contribution in [3.05, 3.63) is 28.7 Å². The van der Waals surface area contributed by atoms with Crippen LogP contribution in [0.4, 0.5) is 5.69 Å². The van der Waals surface area contributed by atoms with Crippen LogP contribution in [0.1, 0.15) is 0 Å². The largest absolute Gasteiger partial charge is 0.324 e. The van der Waals surface area contributed by atoms with E-state index in [9.17, 15) is 4.79 Å². The molecule has 0 radical (unpaired) electrons. The summed E-state index contributed by atoms with van der Waals surface area (Å²) in [6, 6.07) is 7.58. The summed E-state index contributed by atoms with van der Waals surface area (Å²) in [5, 5.41) is 2.86. The molecule has 1 amide bonds. The van der Waals surface area contributed by atoms with Crippen molar-refractivity contribution in [3.63, 3.8) is 0 Å². The summed E-state index contributed by atoms with van der Waals surface area (Å²) < 4.78 is 1.92. The maximum atomic E-state index is 11.7. The first-order valence-electron chi connectivity index (χ1n) is 5.10. The van der Waals surface area contributed by atoms with Crippen molar-refractivity contribution in [2.24, 2.45) is 4.99 Å². The van der Waals surface area contributed by atoms with Crippen LogP contribution in [-0.4, -0.2) is 28.3 Å². The highest BCUT2D eigenvalue weighted by Gasteiger charge is 2.11. The van der Waals surface area contributed by atoms with Crippen molar-refractivity contribution in [1.29, 1.82) is 0 Å². The SMILES string of the molecule is O=C(CSC1=NCCS1)Nc1ccccc1Br. The molecule has 0 unspecified atom stereocenters. The summed E-state index contributed by atoms with van der Waals surface area (Å²) in [5.41, 5.74) is 0.805. The van der Waals surface area contributed by atoms with Gasteiger partial charge in [-0.1, -0.05) is 35.7 Å². The lowest BCUT2D eigenvalue weighted by Gasteiger charge is -2.06. The van der Waals surface area contributed by atoms with Gasteiger partial charge in [-0.25, -0.2) is 0 Å². The molecule has 0 aliphatic carbocycles. The molecule has 0 saturated carbocycles. The molecule has 0 saturated heterocycles. The Morgan fingerprint density at radius 1 is 1.53 bits per heavy atom. The Morgan fingerprint density at radius 2 is 2.35 bits per heavy atom. The highest BCUT2D eigenvalue weighted by atomic mass is 79.9. The molecule has 0 fully saturated rings. The van der Waals surface area contributed by atoms with Crippen LogP contribution >= 0.6 is 39.5 Å². The molecular weight excluding hydrogens is 320 g/mol. The summed E-state index contributed by atoms with van der Waals surface area (Å²) in [5.74, 6) is 1.44. The van der Waals surface area contributed by atoms with Gasteiger partial charge < -0.3 is 5.32 Å². The van der Waals surface area contributed by atoms with Crippen molar-refractivity contribution >= 4 is 55.4 Å². The molecule has 0 bridgehead atoms. The third-order valence-corrected chi connectivity index (χ3v) is 4.98. The van der Waals surface area contributed by atoms with Crippen LogP contribution < -0.4 is 5.32 Å². The minimum Gasteiger partial charge on any atom is -0.324 e. The first-order valence-corrected chi connectivity index (χ1v) is 7.86. The Kier molecular flexibility index (Phi) is 4.94. The molecule has 1 aliphatic rings. The lowest BCUT2D eigenvalue weighted by Crippen LogP contribution is -2.15. The van der Waals surface area contributed by atoms with Gasteiger partial charge in [0.05, 0.1) is 18.0 Å². The zero-order valence-corrected chi connectivity index (χ0v) is 12.2. The Hall–Kier alpha value is -0.460. The fraction of sp³-hybridized carbons (Fsp3) is 0.273. The summed E-state index contributed by atoms with van der Waals surface area (Å²) in [6.45, 7) is 0.874. The smallest absolute Gasteiger partial charge is 0.234 e. The van der Waals surface area contributed by atoms with Crippen molar-refractivity contribution < 1.29 is 4.79 Å². The van der Waals surface area contributed by atoms with Crippen molar-refractivity contribution in [2.45, 2.75) is 0 Å². The molecule has 0 atom stereocenters. The number of benzene rings is 1. The minimum absolute atomic E-state index is 0.00269. The maximum Gasteiger partial charge on any atom is 0.234 e. The molecule has 2 rings (SSSR count). The Morgan fingerprint density at radius 3 is 3.06 bits per heavy atom. The number of aliphatic imine (C=N–C) groups is 1. The van der Waals surface area contributed by atoms with Gasteiger partial charge in [0, 0.05) is 10.2 Å². The van der Waals surface area contributed by atoms with Crippen LogP contribution in [0.5, 0.6) is 0 Å². The second-order valence-corrected chi connectivity index (χ2v) is 6.47. The first-order chi connectivity index (χ1) is 8.25. The standard InChI is InChI=1S/C11H11BrN2OS2/c12-8-3-1-2-4-9(8)14-10(15)7-17-11-13-5-6-16-11/h1-4H,5-7H2,(H,14,15). The summed E-state index contributed by atoms with van der Waals surface area (Å²) in [4.78, 5) is 16.0. The predicted octanol–water partition coefficient (Wildman–Crippen LogP) is 3.22. The van der Waals surface area contributed by atoms with Gasteiger partial charge in [0.1, 0.15) is 4.38 Å². The van der Waals surface area contributed by atoms with E-state index in [-0.39, 0.29) is 5.91 Å². The number of anilines is 1. The second-order valence-electron chi connectivity index (χ2n) is 3.31. The lowest BCUT2D eigenvalue weighted by atomic mass is 10.3. The number of hydrogen-bond acceptors (Lipinski definition) is 4. The third-order valence-electron chi connectivity index (χ3n) is 2.03. The van der Waals surface area contributed by atoms with Crippen LogP contribution in [0.2, 0.25) is 0 Å². The molecule has 1 N–H and O–H groups in total. The van der Waals surface area contributed by atoms with Crippen molar-refractivity contribution in [3.8, 4) is 0 Å². The molecule has 1 heterocycles. The molecule has 17 heavy (non-hydrogen) atoms. The average Bonchev–Trinajstić information content (AvgIpc) is 2.82. The van der Waals surface area contributed by atoms with E-state index in [4.69, 9.17) is 0 Å². The van der Waals surface area contributed by atoms with Crippen LogP contribution in [-0.2, 0) is 4.79 Å². The van der Waals surface area contributed by atoms with Crippen LogP contribution in [0.3, 0.4) is 0 Å². The van der Waals surface area contributed by atoms with Gasteiger partial charge in [0.15, 0.2) is 0 Å². The number of thioether (sulfide) groups is 2. The van der Waals surface area contributed by atoms with E-state index in [1.807, 2.05) is 24.3 Å². The molecule has 0 spiro atoms. The topological polar surface area (TPSA) is 41.5 Å². The number of carbonyl (C=O) groups excluding carboxylic acids is 1. The van der Waals surface area contributed by atoms with Gasteiger partial charge in [0.2, 0.25) is 5.91 Å². The molecule has 6 heteroatoms. The van der Waals surface area contributed by atoms with Gasteiger partial charge in [-0.2, -0.15) is 0 Å². The van der Waals surface area contributed by atoms with Gasteiger partial charge in [0.25, 0.3) is 0 Å². The maximum absolute atomic E-state index is 11.7. The van der Waals surface area contributed by atoms with Gasteiger partial charge >= 0.3 is 0 Å². The number of halogens is 1. The highest BCUT2D eigenvalue weighted by Crippen LogP contribution is 2.24. The monoisotopic (exact) mass is 330 g/mol. The first kappa shape index (κ1) is 13.0. The van der Waals surface area contributed by atoms with E-state index >= 15 is 0 Å². The molecule has 90 valence electrons. The van der Waals surface area contributed by atoms with Gasteiger partial charge in [-0.05, 0) is 28.1 Å². The number of carbonyl (C=O) groups is 1. The normalized spacial score (nSPS) is 14.5. The molecule has 1 aromatic rings. The van der Waals surface area contributed by atoms with Crippen molar-refractivity contribution in [1.82, 2.24) is 0 Å². The number of nitrogens with zero attached hydrogens (tertiary/aromatic N) is 1. The second kappa shape index (κ2) is 6.47. The van der Waals surface area contributed by atoms with Gasteiger partial charge in [-0.3, -0.25) is 9.79 Å². The average molecular weight is 331 g/mol. The Balaban J connectivity index is 1.83. The Bertz CT molecular complexity index is 451. The predicted molar refractivity (Wildman–Crippen MR) is 80.0 cm³/mol. The van der Waals surface area contributed by atoms with E-state index in [2.05, 4.69) is 26.2 Å².